The Kier molecular flexibility index (Phi) is 4.49. The Bertz CT molecular complexity index is 464. The van der Waals surface area contributed by atoms with Crippen molar-refractivity contribution < 1.29 is 4.92 Å². The number of nitriles is 1. The van der Waals surface area contributed by atoms with Gasteiger partial charge in [0, 0.05) is 11.9 Å². The van der Waals surface area contributed by atoms with Gasteiger partial charge in [-0.2, -0.15) is 5.26 Å². The Morgan fingerprint density at radius 2 is 2.31 bits per heavy atom. The van der Waals surface area contributed by atoms with Crippen molar-refractivity contribution in [1.29, 1.82) is 5.26 Å². The normalized spacial score (nSPS) is 10.2. The van der Waals surface area contributed by atoms with Crippen LogP contribution >= 0.6 is 11.6 Å². The van der Waals surface area contributed by atoms with E-state index in [1.54, 1.807) is 18.2 Å². The highest BCUT2D eigenvalue weighted by Gasteiger charge is 2.12. The van der Waals surface area contributed by atoms with Crippen LogP contribution in [-0.4, -0.2) is 10.8 Å². The van der Waals surface area contributed by atoms with Crippen molar-refractivity contribution in [2.24, 2.45) is 0 Å². The number of alkyl halides is 1. The fourth-order valence-electron chi connectivity index (χ4n) is 1.18. The molecule has 0 N–H and O–H groups in total. The number of allylic oxidation sites excluding steroid dienone is 1. The predicted octanol–water partition coefficient (Wildman–Crippen LogP) is 3.11. The molecule has 0 aliphatic rings. The van der Waals surface area contributed by atoms with Gasteiger partial charge in [-0.15, -0.1) is 11.6 Å². The smallest absolute Gasteiger partial charge is 0.258 e. The van der Waals surface area contributed by atoms with Gasteiger partial charge in [-0.3, -0.25) is 10.1 Å². The van der Waals surface area contributed by atoms with Crippen molar-refractivity contribution in [1.82, 2.24) is 0 Å². The monoisotopic (exact) mass is 236 g/mol. The highest BCUT2D eigenvalue weighted by atomic mass is 35.5. The number of hydrogen-bond acceptors (Lipinski definition) is 3. The molecule has 5 heteroatoms. The summed E-state index contributed by atoms with van der Waals surface area (Å²) in [5.74, 6) is 0.509. The lowest BCUT2D eigenvalue weighted by molar-refractivity contribution is -0.385. The van der Waals surface area contributed by atoms with E-state index in [-0.39, 0.29) is 11.3 Å². The van der Waals surface area contributed by atoms with Crippen LogP contribution in [-0.2, 0) is 0 Å². The van der Waals surface area contributed by atoms with Gasteiger partial charge in [-0.25, -0.2) is 0 Å². The van der Waals surface area contributed by atoms with E-state index in [0.717, 1.165) is 0 Å². The first-order valence-electron chi connectivity index (χ1n) is 4.60. The Morgan fingerprint density at radius 3 is 2.88 bits per heavy atom. The van der Waals surface area contributed by atoms with Gasteiger partial charge < -0.3 is 0 Å². The maximum Gasteiger partial charge on any atom is 0.287 e. The van der Waals surface area contributed by atoms with Crippen molar-refractivity contribution in [3.63, 3.8) is 0 Å². The van der Waals surface area contributed by atoms with Crippen LogP contribution in [0.4, 0.5) is 5.69 Å². The molecule has 0 amide bonds. The largest absolute Gasteiger partial charge is 0.287 e. The summed E-state index contributed by atoms with van der Waals surface area (Å²) in [5.41, 5.74) is 0.589. The highest BCUT2D eigenvalue weighted by Crippen LogP contribution is 2.20. The maximum atomic E-state index is 10.7. The summed E-state index contributed by atoms with van der Waals surface area (Å²) in [6.07, 6.45) is 4.28. The van der Waals surface area contributed by atoms with Gasteiger partial charge in [-0.1, -0.05) is 18.2 Å². The van der Waals surface area contributed by atoms with E-state index in [1.165, 1.54) is 12.1 Å². The predicted molar refractivity (Wildman–Crippen MR) is 62.2 cm³/mol. The third kappa shape index (κ3) is 3.07. The van der Waals surface area contributed by atoms with Gasteiger partial charge in [0.05, 0.1) is 4.92 Å². The minimum Gasteiger partial charge on any atom is -0.258 e. The Labute approximate surface area is 97.9 Å². The zero-order valence-electron chi connectivity index (χ0n) is 8.39. The summed E-state index contributed by atoms with van der Waals surface area (Å²) in [7, 11) is 0. The average molecular weight is 237 g/mol. The van der Waals surface area contributed by atoms with Gasteiger partial charge in [0.25, 0.3) is 5.69 Å². The third-order valence-corrected chi connectivity index (χ3v) is 2.14. The molecule has 4 nitrogen and oxygen atoms in total. The van der Waals surface area contributed by atoms with Crippen molar-refractivity contribution in [2.45, 2.75) is 6.42 Å². The fourth-order valence-corrected chi connectivity index (χ4v) is 1.31. The van der Waals surface area contributed by atoms with Gasteiger partial charge in [0.15, 0.2) is 0 Å². The zero-order valence-corrected chi connectivity index (χ0v) is 9.15. The summed E-state index contributed by atoms with van der Waals surface area (Å²) in [6, 6.07) is 6.27. The molecule has 0 saturated heterocycles. The number of nitro benzene ring substituents is 1. The van der Waals surface area contributed by atoms with Crippen LogP contribution in [0.25, 0.3) is 6.08 Å². The standard InChI is InChI=1S/C11H9ClN2O2/c12-6-2-1-3-9-4-5-10(8-13)11(7-9)14(15)16/h1,3-5,7H,2,6H2. The second-order valence-corrected chi connectivity index (χ2v) is 3.40. The zero-order chi connectivity index (χ0) is 12.0. The van der Waals surface area contributed by atoms with Crippen LogP contribution in [0.3, 0.4) is 0 Å². The number of halogens is 1. The Morgan fingerprint density at radius 1 is 1.56 bits per heavy atom. The summed E-state index contributed by atoms with van der Waals surface area (Å²) in [4.78, 5) is 10.1. The topological polar surface area (TPSA) is 66.9 Å². The first-order chi connectivity index (χ1) is 7.69. The molecule has 0 heterocycles. The molecule has 0 spiro atoms. The Balaban J connectivity index is 3.04. The molecule has 0 aliphatic heterocycles. The molecule has 1 rings (SSSR count). The van der Waals surface area contributed by atoms with Gasteiger partial charge in [-0.05, 0) is 18.1 Å². The second-order valence-electron chi connectivity index (χ2n) is 3.03. The van der Waals surface area contributed by atoms with Crippen molar-refractivity contribution >= 4 is 23.4 Å². The highest BCUT2D eigenvalue weighted by molar-refractivity contribution is 6.17. The molecular weight excluding hydrogens is 228 g/mol. The molecule has 0 radical (unpaired) electrons. The number of rotatable bonds is 4. The second kappa shape index (κ2) is 5.89. The molecule has 0 aliphatic carbocycles. The lowest BCUT2D eigenvalue weighted by Crippen LogP contribution is -1.92. The fraction of sp³-hybridized carbons (Fsp3) is 0.182. The SMILES string of the molecule is N#Cc1ccc(C=CCCCl)cc1[N+](=O)[O-]. The van der Waals surface area contributed by atoms with Crippen LogP contribution < -0.4 is 0 Å². The van der Waals surface area contributed by atoms with Crippen LogP contribution in [0.15, 0.2) is 24.3 Å². The van der Waals surface area contributed by atoms with Crippen LogP contribution in [0.1, 0.15) is 17.5 Å². The lowest BCUT2D eigenvalue weighted by atomic mass is 10.1. The van der Waals surface area contributed by atoms with E-state index in [4.69, 9.17) is 16.9 Å². The van der Waals surface area contributed by atoms with E-state index in [2.05, 4.69) is 0 Å². The van der Waals surface area contributed by atoms with E-state index >= 15 is 0 Å². The first kappa shape index (κ1) is 12.2. The van der Waals surface area contributed by atoms with Gasteiger partial charge >= 0.3 is 0 Å². The summed E-state index contributed by atoms with van der Waals surface area (Å²) in [6.45, 7) is 0. The maximum absolute atomic E-state index is 10.7. The summed E-state index contributed by atoms with van der Waals surface area (Å²) in [5, 5.41) is 19.4. The quantitative estimate of drug-likeness (QED) is 0.458. The van der Waals surface area contributed by atoms with Crippen molar-refractivity contribution in [2.75, 3.05) is 5.88 Å². The molecule has 0 bridgehead atoms. The van der Waals surface area contributed by atoms with Gasteiger partial charge in [0.2, 0.25) is 0 Å². The third-order valence-electron chi connectivity index (χ3n) is 1.93. The van der Waals surface area contributed by atoms with E-state index in [0.29, 0.717) is 17.9 Å². The van der Waals surface area contributed by atoms with Crippen LogP contribution in [0.2, 0.25) is 0 Å². The molecule has 0 saturated carbocycles. The molecule has 0 atom stereocenters. The molecule has 0 unspecified atom stereocenters. The lowest BCUT2D eigenvalue weighted by Gasteiger charge is -1.96. The number of nitro groups is 1. The van der Waals surface area contributed by atoms with Gasteiger partial charge in [0.1, 0.15) is 11.6 Å². The Hall–Kier alpha value is -1.86. The van der Waals surface area contributed by atoms with Crippen molar-refractivity contribution in [3.8, 4) is 6.07 Å². The minimum absolute atomic E-state index is 0.0690. The molecule has 82 valence electrons. The molecule has 1 aromatic rings. The minimum atomic E-state index is -0.558. The molecule has 0 aromatic heterocycles. The van der Waals surface area contributed by atoms with Crippen LogP contribution in [0.5, 0.6) is 0 Å². The molecule has 16 heavy (non-hydrogen) atoms. The van der Waals surface area contributed by atoms with E-state index < -0.39 is 4.92 Å². The number of nitrogens with zero attached hydrogens (tertiary/aromatic N) is 2. The molecular formula is C11H9ClN2O2. The average Bonchev–Trinajstić information content (AvgIpc) is 2.29. The van der Waals surface area contributed by atoms with Crippen molar-refractivity contribution in [3.05, 3.63) is 45.5 Å². The molecule has 1 aromatic carbocycles. The van der Waals surface area contributed by atoms with E-state index in [9.17, 15) is 10.1 Å². The number of hydrogen-bond donors (Lipinski definition) is 0. The summed E-state index contributed by atoms with van der Waals surface area (Å²) >= 11 is 5.49. The molecule has 0 fully saturated rings. The number of benzene rings is 1. The first-order valence-corrected chi connectivity index (χ1v) is 5.13. The van der Waals surface area contributed by atoms with Crippen LogP contribution in [0, 0.1) is 21.4 Å². The van der Waals surface area contributed by atoms with E-state index in [1.807, 2.05) is 6.08 Å². The summed E-state index contributed by atoms with van der Waals surface area (Å²) < 4.78 is 0.